The van der Waals surface area contributed by atoms with Gasteiger partial charge in [-0.25, -0.2) is 0 Å². The van der Waals surface area contributed by atoms with Crippen LogP contribution < -0.4 is 5.32 Å². The van der Waals surface area contributed by atoms with E-state index in [1.165, 1.54) is 4.90 Å². The molecule has 3 amide bonds. The number of hydrogen-bond donors (Lipinski definition) is 3. The first-order valence-corrected chi connectivity index (χ1v) is 11.5. The van der Waals surface area contributed by atoms with Crippen LogP contribution in [0, 0.1) is 5.92 Å². The molecular weight excluding hydrogens is 452 g/mol. The lowest BCUT2D eigenvalue weighted by molar-refractivity contribution is -0.144. The lowest BCUT2D eigenvalue weighted by atomic mass is 10.0. The number of fused-ring (bicyclic) bond motifs is 1. The van der Waals surface area contributed by atoms with Crippen LogP contribution in [-0.4, -0.2) is 121 Å². The summed E-state index contributed by atoms with van der Waals surface area (Å²) in [5.74, 6) is -2.02. The number of aromatic nitrogens is 1. The van der Waals surface area contributed by atoms with Crippen molar-refractivity contribution in [3.63, 3.8) is 0 Å². The number of rotatable bonds is 9. The highest BCUT2D eigenvalue weighted by atomic mass is 16.4. The Morgan fingerprint density at radius 2 is 1.71 bits per heavy atom. The van der Waals surface area contributed by atoms with E-state index in [4.69, 9.17) is 0 Å². The van der Waals surface area contributed by atoms with Gasteiger partial charge in [0.05, 0.1) is 12.5 Å². The molecule has 0 aliphatic carbocycles. The van der Waals surface area contributed by atoms with E-state index in [0.717, 1.165) is 17.3 Å². The number of aromatic amines is 1. The van der Waals surface area contributed by atoms with E-state index >= 15 is 0 Å². The molecule has 11 nitrogen and oxygen atoms in total. The molecular formula is C24H36N6O5. The number of carboxylic acids is 1. The van der Waals surface area contributed by atoms with Crippen LogP contribution in [0.3, 0.4) is 0 Å². The van der Waals surface area contributed by atoms with Crippen molar-refractivity contribution in [3.8, 4) is 0 Å². The largest absolute Gasteiger partial charge is 0.481 e. The van der Waals surface area contributed by atoms with Crippen molar-refractivity contribution in [2.45, 2.75) is 6.42 Å². The molecule has 0 bridgehead atoms. The zero-order valence-electron chi connectivity index (χ0n) is 20.9. The Labute approximate surface area is 205 Å². The average Bonchev–Trinajstić information content (AvgIpc) is 3.28. The van der Waals surface area contributed by atoms with Gasteiger partial charge in [-0.1, -0.05) is 6.07 Å². The first-order valence-electron chi connectivity index (χ1n) is 11.5. The van der Waals surface area contributed by atoms with Crippen LogP contribution in [0.25, 0.3) is 10.9 Å². The van der Waals surface area contributed by atoms with Gasteiger partial charge < -0.3 is 25.2 Å². The third kappa shape index (κ3) is 9.38. The second-order valence-electron chi connectivity index (χ2n) is 9.00. The lowest BCUT2D eigenvalue weighted by Crippen LogP contribution is -2.50. The number of aliphatic carboxylic acids is 1. The van der Waals surface area contributed by atoms with Crippen LogP contribution in [0.1, 0.15) is 6.42 Å². The van der Waals surface area contributed by atoms with Gasteiger partial charge in [-0.05, 0) is 23.6 Å². The molecule has 2 aromatic rings. The quantitative estimate of drug-likeness (QED) is 0.441. The summed E-state index contributed by atoms with van der Waals surface area (Å²) in [7, 11) is 6.84. The van der Waals surface area contributed by atoms with E-state index in [-0.39, 0.29) is 18.2 Å². The Bertz CT molecular complexity index is 997. The van der Waals surface area contributed by atoms with Gasteiger partial charge in [0, 0.05) is 84.7 Å². The molecule has 0 spiro atoms. The third-order valence-electron chi connectivity index (χ3n) is 5.63. The summed E-state index contributed by atoms with van der Waals surface area (Å²) in [5, 5.41) is 13.4. The number of carboxylic acid groups (broad SMARTS) is 1. The van der Waals surface area contributed by atoms with E-state index in [1.54, 1.807) is 39.2 Å². The number of nitrogens with one attached hydrogen (secondary N) is 2. The average molecular weight is 489 g/mol. The number of piperazine rings is 1. The van der Waals surface area contributed by atoms with Crippen molar-refractivity contribution in [2.75, 3.05) is 72.8 Å². The summed E-state index contributed by atoms with van der Waals surface area (Å²) < 4.78 is 0. The summed E-state index contributed by atoms with van der Waals surface area (Å²) in [5.41, 5.74) is 1.55. The van der Waals surface area contributed by atoms with Crippen molar-refractivity contribution >= 4 is 40.8 Å². The fourth-order valence-corrected chi connectivity index (χ4v) is 3.57. The highest BCUT2D eigenvalue weighted by Crippen LogP contribution is 2.18. The van der Waals surface area contributed by atoms with E-state index in [9.17, 15) is 24.3 Å². The number of benzene rings is 1. The molecule has 192 valence electrons. The Kier molecular flexibility index (Phi) is 10.7. The maximum absolute atomic E-state index is 12.4. The molecule has 1 aromatic heterocycles. The van der Waals surface area contributed by atoms with Crippen molar-refractivity contribution in [3.05, 3.63) is 30.5 Å². The number of carbonyl (C=O) groups excluding carboxylic acids is 3. The van der Waals surface area contributed by atoms with Gasteiger partial charge >= 0.3 is 5.97 Å². The van der Waals surface area contributed by atoms with Crippen LogP contribution in [0.15, 0.2) is 30.5 Å². The van der Waals surface area contributed by atoms with Crippen LogP contribution >= 0.6 is 0 Å². The second-order valence-corrected chi connectivity index (χ2v) is 9.00. The number of hydrogen-bond acceptors (Lipinski definition) is 6. The first-order chi connectivity index (χ1) is 16.6. The molecule has 1 saturated heterocycles. The molecule has 35 heavy (non-hydrogen) atoms. The SMILES string of the molecule is CN(C)C(=O)CN1CCN(CC(CC(=O)Nc2ccc3cc[nH]c3c2)C(=O)O)CC1.CN(C)C=O. The number of H-pyrrole nitrogens is 1. The minimum absolute atomic E-state index is 0.0565. The maximum atomic E-state index is 12.4. The minimum Gasteiger partial charge on any atom is -0.481 e. The summed E-state index contributed by atoms with van der Waals surface area (Å²) in [4.78, 5) is 55.6. The number of amides is 3. The van der Waals surface area contributed by atoms with E-state index < -0.39 is 11.9 Å². The van der Waals surface area contributed by atoms with Crippen molar-refractivity contribution in [1.82, 2.24) is 24.6 Å². The van der Waals surface area contributed by atoms with Crippen LogP contribution in [0.5, 0.6) is 0 Å². The van der Waals surface area contributed by atoms with Crippen molar-refractivity contribution in [1.29, 1.82) is 0 Å². The Balaban J connectivity index is 0.000000784. The molecule has 0 saturated carbocycles. The predicted molar refractivity (Wildman–Crippen MR) is 134 cm³/mol. The molecule has 3 rings (SSSR count). The summed E-state index contributed by atoms with van der Waals surface area (Å²) in [6.07, 6.45) is 2.49. The van der Waals surface area contributed by atoms with Gasteiger partial charge in [0.2, 0.25) is 18.2 Å². The molecule has 1 aliphatic heterocycles. The smallest absolute Gasteiger partial charge is 0.308 e. The summed E-state index contributed by atoms with van der Waals surface area (Å²) >= 11 is 0. The van der Waals surface area contributed by atoms with Crippen LogP contribution in [0.4, 0.5) is 5.69 Å². The molecule has 1 aliphatic rings. The van der Waals surface area contributed by atoms with Gasteiger partial charge in [-0.3, -0.25) is 29.0 Å². The van der Waals surface area contributed by atoms with E-state index in [1.807, 2.05) is 29.3 Å². The first kappa shape index (κ1) is 27.8. The fraction of sp³-hybridized carbons (Fsp3) is 0.500. The van der Waals surface area contributed by atoms with Crippen LogP contribution in [0.2, 0.25) is 0 Å². The second kappa shape index (κ2) is 13.4. The summed E-state index contributed by atoms with van der Waals surface area (Å²) in [6.45, 7) is 3.44. The standard InChI is InChI=1S/C21H29N5O4.C3H7NO/c1-24(2)20(28)14-26-9-7-25(8-10-26)13-16(21(29)30)11-19(27)23-17-4-3-15-5-6-22-18(15)12-17;1-4(2)3-5/h3-6,12,16,22H,7-11,13-14H2,1-2H3,(H,23,27)(H,29,30);3H,1-2H3. The van der Waals surface area contributed by atoms with Crippen molar-refractivity contribution < 1.29 is 24.3 Å². The molecule has 3 N–H and O–H groups in total. The maximum Gasteiger partial charge on any atom is 0.308 e. The zero-order valence-corrected chi connectivity index (χ0v) is 20.9. The molecule has 1 unspecified atom stereocenters. The molecule has 1 atom stereocenters. The molecule has 1 fully saturated rings. The molecule has 2 heterocycles. The Hall–Kier alpha value is -3.44. The predicted octanol–water partition coefficient (Wildman–Crippen LogP) is 0.608. The topological polar surface area (TPSA) is 129 Å². The highest BCUT2D eigenvalue weighted by molar-refractivity contribution is 5.95. The number of anilines is 1. The van der Waals surface area contributed by atoms with Gasteiger partial charge in [-0.15, -0.1) is 0 Å². The number of carbonyl (C=O) groups is 4. The fourth-order valence-electron chi connectivity index (χ4n) is 3.57. The van der Waals surface area contributed by atoms with Crippen molar-refractivity contribution in [2.24, 2.45) is 5.92 Å². The zero-order chi connectivity index (χ0) is 26.0. The monoisotopic (exact) mass is 488 g/mol. The Morgan fingerprint density at radius 1 is 1.09 bits per heavy atom. The van der Waals surface area contributed by atoms with Gasteiger partial charge in [-0.2, -0.15) is 0 Å². The molecule has 0 radical (unpaired) electrons. The number of likely N-dealkylation sites (N-methyl/N-ethyl adjacent to an activating group) is 1. The lowest BCUT2D eigenvalue weighted by Gasteiger charge is -2.35. The van der Waals surface area contributed by atoms with Gasteiger partial charge in [0.25, 0.3) is 0 Å². The molecule has 1 aromatic carbocycles. The summed E-state index contributed by atoms with van der Waals surface area (Å²) in [6, 6.07) is 7.48. The number of nitrogens with zero attached hydrogens (tertiary/aromatic N) is 4. The Morgan fingerprint density at radius 3 is 2.29 bits per heavy atom. The van der Waals surface area contributed by atoms with Crippen LogP contribution in [-0.2, 0) is 19.2 Å². The van der Waals surface area contributed by atoms with E-state index in [0.29, 0.717) is 45.0 Å². The van der Waals surface area contributed by atoms with Gasteiger partial charge in [0.1, 0.15) is 0 Å². The minimum atomic E-state index is -0.977. The van der Waals surface area contributed by atoms with Gasteiger partial charge in [0.15, 0.2) is 0 Å². The van der Waals surface area contributed by atoms with E-state index in [2.05, 4.69) is 15.2 Å². The third-order valence-corrected chi connectivity index (χ3v) is 5.63. The molecule has 11 heteroatoms. The highest BCUT2D eigenvalue weighted by Gasteiger charge is 2.27. The normalized spacial score (nSPS) is 15.0.